The molecule has 108 valence electrons. The predicted octanol–water partition coefficient (Wildman–Crippen LogP) is 1.72. The number of carbonyl (C=O) groups is 1. The Balaban J connectivity index is 1.74. The molecule has 3 heterocycles. The van der Waals surface area contributed by atoms with Crippen molar-refractivity contribution in [2.75, 3.05) is 0 Å². The normalized spacial score (nSPS) is 28.0. The van der Waals surface area contributed by atoms with Crippen molar-refractivity contribution in [3.8, 4) is 0 Å². The van der Waals surface area contributed by atoms with E-state index in [1.807, 2.05) is 23.1 Å². The molecule has 0 saturated carbocycles. The summed E-state index contributed by atoms with van der Waals surface area (Å²) < 4.78 is 0. The van der Waals surface area contributed by atoms with Gasteiger partial charge in [0, 0.05) is 30.5 Å². The fourth-order valence-corrected chi connectivity index (χ4v) is 3.86. The van der Waals surface area contributed by atoms with Crippen LogP contribution in [0.3, 0.4) is 0 Å². The highest BCUT2D eigenvalue weighted by atomic mass is 16.2. The first-order chi connectivity index (χ1) is 10.2. The van der Waals surface area contributed by atoms with E-state index in [2.05, 4.69) is 9.97 Å². The largest absolute Gasteiger partial charge is 0.332 e. The molecule has 2 saturated heterocycles. The Morgan fingerprint density at radius 2 is 1.86 bits per heavy atom. The maximum absolute atomic E-state index is 13.0. The Bertz CT molecular complexity index is 682. The van der Waals surface area contributed by atoms with Crippen LogP contribution >= 0.6 is 0 Å². The zero-order valence-corrected chi connectivity index (χ0v) is 11.8. The monoisotopic (exact) mass is 282 g/mol. The average molecular weight is 282 g/mol. The van der Waals surface area contributed by atoms with Gasteiger partial charge in [0.15, 0.2) is 0 Å². The lowest BCUT2D eigenvalue weighted by molar-refractivity contribution is 0.0577. The van der Waals surface area contributed by atoms with Crippen molar-refractivity contribution in [2.45, 2.75) is 43.8 Å². The van der Waals surface area contributed by atoms with E-state index in [4.69, 9.17) is 5.73 Å². The summed E-state index contributed by atoms with van der Waals surface area (Å²) in [6, 6.07) is 6.44. The van der Waals surface area contributed by atoms with E-state index in [9.17, 15) is 4.79 Å². The number of rotatable bonds is 1. The highest BCUT2D eigenvalue weighted by molar-refractivity contribution is 6.05. The maximum atomic E-state index is 13.0. The van der Waals surface area contributed by atoms with Crippen molar-refractivity contribution < 1.29 is 4.79 Å². The smallest absolute Gasteiger partial charge is 0.256 e. The lowest BCUT2D eigenvalue weighted by Gasteiger charge is -2.37. The van der Waals surface area contributed by atoms with Gasteiger partial charge in [-0.3, -0.25) is 14.8 Å². The second kappa shape index (κ2) is 4.77. The molecule has 2 aromatic rings. The third kappa shape index (κ3) is 2.00. The van der Waals surface area contributed by atoms with Crippen molar-refractivity contribution in [1.82, 2.24) is 14.9 Å². The first-order valence-electron chi connectivity index (χ1n) is 7.52. The molecule has 5 heteroatoms. The average Bonchev–Trinajstić information content (AvgIpc) is 2.78. The van der Waals surface area contributed by atoms with Crippen LogP contribution in [0, 0.1) is 0 Å². The lowest BCUT2D eigenvalue weighted by atomic mass is 9.97. The summed E-state index contributed by atoms with van der Waals surface area (Å²) in [5.74, 6) is 0.0838. The van der Waals surface area contributed by atoms with Gasteiger partial charge in [-0.15, -0.1) is 0 Å². The van der Waals surface area contributed by atoms with Gasteiger partial charge < -0.3 is 10.6 Å². The zero-order chi connectivity index (χ0) is 14.4. The number of fused-ring (bicyclic) bond motifs is 3. The molecule has 2 unspecified atom stereocenters. The van der Waals surface area contributed by atoms with E-state index in [1.165, 1.54) is 0 Å². The Hall–Kier alpha value is -2.01. The molecular weight excluding hydrogens is 264 g/mol. The van der Waals surface area contributed by atoms with Crippen molar-refractivity contribution in [3.05, 3.63) is 36.2 Å². The predicted molar refractivity (Wildman–Crippen MR) is 79.7 cm³/mol. The van der Waals surface area contributed by atoms with Crippen LogP contribution in [-0.2, 0) is 0 Å². The van der Waals surface area contributed by atoms with Gasteiger partial charge in [0.1, 0.15) is 5.52 Å². The molecule has 2 N–H and O–H groups in total. The van der Waals surface area contributed by atoms with Crippen molar-refractivity contribution in [3.63, 3.8) is 0 Å². The second-order valence-corrected chi connectivity index (χ2v) is 6.06. The number of carbonyl (C=O) groups excluding carboxylic acids is 1. The van der Waals surface area contributed by atoms with Gasteiger partial charge in [-0.1, -0.05) is 6.07 Å². The van der Waals surface area contributed by atoms with E-state index in [0.29, 0.717) is 11.1 Å². The number of hydrogen-bond donors (Lipinski definition) is 1. The molecule has 2 aliphatic heterocycles. The number of piperidine rings is 1. The highest BCUT2D eigenvalue weighted by Crippen LogP contribution is 2.36. The Labute approximate surface area is 123 Å². The first kappa shape index (κ1) is 12.7. The van der Waals surface area contributed by atoms with Crippen LogP contribution in [0.5, 0.6) is 0 Å². The molecule has 2 fully saturated rings. The Kier molecular flexibility index (Phi) is 2.89. The van der Waals surface area contributed by atoms with Crippen LogP contribution in [0.15, 0.2) is 30.6 Å². The maximum Gasteiger partial charge on any atom is 0.256 e. The number of nitrogens with zero attached hydrogens (tertiary/aromatic N) is 3. The van der Waals surface area contributed by atoms with E-state index in [1.54, 1.807) is 12.4 Å². The standard InChI is InChI=1S/C16H18N4O/c17-10-8-11-4-5-12(9-10)20(11)16(21)13-2-1-3-14-15(13)19-7-6-18-14/h1-3,6-7,10-12H,4-5,8-9,17H2. The van der Waals surface area contributed by atoms with Crippen molar-refractivity contribution >= 4 is 16.9 Å². The number of para-hydroxylation sites is 1. The minimum atomic E-state index is 0.0838. The minimum absolute atomic E-state index is 0.0838. The van der Waals surface area contributed by atoms with Gasteiger partial charge in [0.25, 0.3) is 5.91 Å². The van der Waals surface area contributed by atoms with Crippen LogP contribution in [0.4, 0.5) is 0 Å². The molecule has 5 nitrogen and oxygen atoms in total. The fourth-order valence-electron chi connectivity index (χ4n) is 3.86. The number of nitrogens with two attached hydrogens (primary N) is 1. The third-order valence-electron chi connectivity index (χ3n) is 4.73. The second-order valence-electron chi connectivity index (χ2n) is 6.06. The van der Waals surface area contributed by atoms with E-state index in [-0.39, 0.29) is 24.0 Å². The topological polar surface area (TPSA) is 72.1 Å². The number of amides is 1. The van der Waals surface area contributed by atoms with Crippen LogP contribution in [-0.4, -0.2) is 38.9 Å². The summed E-state index contributed by atoms with van der Waals surface area (Å²) in [6.07, 6.45) is 7.26. The summed E-state index contributed by atoms with van der Waals surface area (Å²) in [5.41, 5.74) is 8.21. The molecule has 2 atom stereocenters. The minimum Gasteiger partial charge on any atom is -0.332 e. The Morgan fingerprint density at radius 1 is 1.14 bits per heavy atom. The summed E-state index contributed by atoms with van der Waals surface area (Å²) in [6.45, 7) is 0. The molecule has 1 aromatic carbocycles. The lowest BCUT2D eigenvalue weighted by Crippen LogP contribution is -2.50. The summed E-state index contributed by atoms with van der Waals surface area (Å²) in [5, 5.41) is 0. The van der Waals surface area contributed by atoms with Gasteiger partial charge in [0.2, 0.25) is 0 Å². The molecule has 4 rings (SSSR count). The van der Waals surface area contributed by atoms with Crippen LogP contribution in [0.25, 0.3) is 11.0 Å². The zero-order valence-electron chi connectivity index (χ0n) is 11.8. The van der Waals surface area contributed by atoms with E-state index < -0.39 is 0 Å². The van der Waals surface area contributed by atoms with Gasteiger partial charge in [-0.05, 0) is 37.8 Å². The molecule has 21 heavy (non-hydrogen) atoms. The number of benzene rings is 1. The number of aromatic nitrogens is 2. The molecule has 0 radical (unpaired) electrons. The van der Waals surface area contributed by atoms with E-state index in [0.717, 1.165) is 31.2 Å². The molecule has 0 spiro atoms. The summed E-state index contributed by atoms with van der Waals surface area (Å²) in [4.78, 5) is 23.7. The SMILES string of the molecule is NC1CC2CCC(C1)N2C(=O)c1cccc2nccnc12. The summed E-state index contributed by atoms with van der Waals surface area (Å²) in [7, 11) is 0. The quantitative estimate of drug-likeness (QED) is 0.864. The van der Waals surface area contributed by atoms with E-state index >= 15 is 0 Å². The highest BCUT2D eigenvalue weighted by Gasteiger charge is 2.42. The summed E-state index contributed by atoms with van der Waals surface area (Å²) >= 11 is 0. The Morgan fingerprint density at radius 3 is 2.62 bits per heavy atom. The van der Waals surface area contributed by atoms with Crippen LogP contribution in [0.2, 0.25) is 0 Å². The molecule has 1 aromatic heterocycles. The van der Waals surface area contributed by atoms with Gasteiger partial charge in [0.05, 0.1) is 11.1 Å². The van der Waals surface area contributed by atoms with Gasteiger partial charge in [-0.2, -0.15) is 0 Å². The van der Waals surface area contributed by atoms with Gasteiger partial charge in [-0.25, -0.2) is 0 Å². The van der Waals surface area contributed by atoms with Crippen LogP contribution < -0.4 is 5.73 Å². The van der Waals surface area contributed by atoms with Crippen molar-refractivity contribution in [2.24, 2.45) is 5.73 Å². The molecular formula is C16H18N4O. The van der Waals surface area contributed by atoms with Gasteiger partial charge >= 0.3 is 0 Å². The fraction of sp³-hybridized carbons (Fsp3) is 0.438. The molecule has 0 aliphatic carbocycles. The van der Waals surface area contributed by atoms with Crippen molar-refractivity contribution in [1.29, 1.82) is 0 Å². The molecule has 1 amide bonds. The third-order valence-corrected chi connectivity index (χ3v) is 4.73. The first-order valence-corrected chi connectivity index (χ1v) is 7.52. The molecule has 2 aliphatic rings. The van der Waals surface area contributed by atoms with Crippen LogP contribution in [0.1, 0.15) is 36.0 Å². The molecule has 2 bridgehead atoms. The number of hydrogen-bond acceptors (Lipinski definition) is 4.